The minimum Gasteiger partial charge on any atom is -0.337 e. The molecule has 0 spiro atoms. The van der Waals surface area contributed by atoms with Crippen LogP contribution >= 0.6 is 0 Å². The second kappa shape index (κ2) is 5.40. The summed E-state index contributed by atoms with van der Waals surface area (Å²) in [6.07, 6.45) is 6.77. The quantitative estimate of drug-likeness (QED) is 0.556. The molecular weight excluding hydrogens is 254 g/mol. The van der Waals surface area contributed by atoms with Gasteiger partial charge in [-0.1, -0.05) is 67.8 Å². The molecule has 21 heavy (non-hydrogen) atoms. The first-order valence-corrected chi connectivity index (χ1v) is 8.09. The molecule has 2 aromatic carbocycles. The van der Waals surface area contributed by atoms with E-state index in [-0.39, 0.29) is 0 Å². The summed E-state index contributed by atoms with van der Waals surface area (Å²) in [6, 6.07) is 22.7. The van der Waals surface area contributed by atoms with Gasteiger partial charge in [0.25, 0.3) is 0 Å². The minimum absolute atomic E-state index is 0.661. The molecule has 106 valence electrons. The molecule has 0 unspecified atom stereocenters. The van der Waals surface area contributed by atoms with Crippen molar-refractivity contribution in [1.82, 2.24) is 4.57 Å². The Bertz CT molecular complexity index is 733. The molecule has 3 aromatic rings. The van der Waals surface area contributed by atoms with Crippen LogP contribution in [0.25, 0.3) is 22.2 Å². The van der Waals surface area contributed by atoms with E-state index in [2.05, 4.69) is 65.2 Å². The molecule has 0 atom stereocenters. The smallest absolute Gasteiger partial charge is 0.0493 e. The first-order valence-electron chi connectivity index (χ1n) is 8.09. The lowest BCUT2D eigenvalue weighted by molar-refractivity contribution is 0.363. The van der Waals surface area contributed by atoms with Crippen LogP contribution in [-0.4, -0.2) is 4.57 Å². The molecule has 1 aromatic heterocycles. The molecule has 1 nitrogen and oxygen atoms in total. The van der Waals surface area contributed by atoms with E-state index in [1.54, 1.807) is 0 Å². The number of para-hydroxylation sites is 1. The van der Waals surface area contributed by atoms with Crippen molar-refractivity contribution in [1.29, 1.82) is 0 Å². The Morgan fingerprint density at radius 2 is 1.48 bits per heavy atom. The molecule has 1 heteroatoms. The molecule has 1 heterocycles. The number of fused-ring (bicyclic) bond motifs is 1. The molecule has 0 radical (unpaired) electrons. The Morgan fingerprint density at radius 1 is 0.762 bits per heavy atom. The van der Waals surface area contributed by atoms with Crippen molar-refractivity contribution in [3.8, 4) is 11.3 Å². The van der Waals surface area contributed by atoms with Crippen LogP contribution in [0.1, 0.15) is 38.1 Å². The summed E-state index contributed by atoms with van der Waals surface area (Å²) in [4.78, 5) is 0. The van der Waals surface area contributed by atoms with Gasteiger partial charge in [0.05, 0.1) is 0 Å². The predicted molar refractivity (Wildman–Crippen MR) is 89.5 cm³/mol. The summed E-state index contributed by atoms with van der Waals surface area (Å²) >= 11 is 0. The first kappa shape index (κ1) is 12.7. The molecule has 1 saturated carbocycles. The normalized spacial score (nSPS) is 16.4. The van der Waals surface area contributed by atoms with E-state index < -0.39 is 0 Å². The van der Waals surface area contributed by atoms with Crippen LogP contribution in [-0.2, 0) is 0 Å². The molecule has 1 aliphatic rings. The summed E-state index contributed by atoms with van der Waals surface area (Å²) in [6.45, 7) is 0. The average molecular weight is 275 g/mol. The van der Waals surface area contributed by atoms with Crippen LogP contribution in [0.4, 0.5) is 0 Å². The maximum absolute atomic E-state index is 2.60. The molecule has 0 saturated heterocycles. The summed E-state index contributed by atoms with van der Waals surface area (Å²) in [7, 11) is 0. The molecule has 4 rings (SSSR count). The van der Waals surface area contributed by atoms with E-state index in [4.69, 9.17) is 0 Å². The highest BCUT2D eigenvalue weighted by atomic mass is 15.0. The van der Waals surface area contributed by atoms with Crippen LogP contribution in [0.2, 0.25) is 0 Å². The van der Waals surface area contributed by atoms with E-state index in [0.29, 0.717) is 6.04 Å². The second-order valence-electron chi connectivity index (χ2n) is 6.12. The lowest BCUT2D eigenvalue weighted by Gasteiger charge is -2.26. The number of aromatic nitrogens is 1. The van der Waals surface area contributed by atoms with E-state index in [1.165, 1.54) is 54.3 Å². The second-order valence-corrected chi connectivity index (χ2v) is 6.12. The fraction of sp³-hybridized carbons (Fsp3) is 0.300. The fourth-order valence-electron chi connectivity index (χ4n) is 3.74. The largest absolute Gasteiger partial charge is 0.337 e. The van der Waals surface area contributed by atoms with Gasteiger partial charge in [-0.3, -0.25) is 0 Å². The van der Waals surface area contributed by atoms with Crippen LogP contribution in [0.3, 0.4) is 0 Å². The summed E-state index contributed by atoms with van der Waals surface area (Å²) in [5.74, 6) is 0. The third-order valence-corrected chi connectivity index (χ3v) is 4.76. The minimum atomic E-state index is 0.661. The van der Waals surface area contributed by atoms with Crippen LogP contribution < -0.4 is 0 Å². The Balaban J connectivity index is 1.92. The van der Waals surface area contributed by atoms with E-state index in [1.807, 2.05) is 0 Å². The highest BCUT2D eigenvalue weighted by Gasteiger charge is 2.20. The summed E-state index contributed by atoms with van der Waals surface area (Å²) in [5, 5.41) is 1.36. The van der Waals surface area contributed by atoms with Crippen LogP contribution in [0.15, 0.2) is 60.7 Å². The number of hydrogen-bond acceptors (Lipinski definition) is 0. The number of rotatable bonds is 2. The Labute approximate surface area is 126 Å². The maximum Gasteiger partial charge on any atom is 0.0493 e. The van der Waals surface area contributed by atoms with Gasteiger partial charge < -0.3 is 4.57 Å². The van der Waals surface area contributed by atoms with Crippen LogP contribution in [0, 0.1) is 0 Å². The molecule has 0 N–H and O–H groups in total. The molecule has 0 bridgehead atoms. The Morgan fingerprint density at radius 3 is 2.29 bits per heavy atom. The molecule has 1 aliphatic carbocycles. The van der Waals surface area contributed by atoms with Gasteiger partial charge in [0, 0.05) is 22.6 Å². The third kappa shape index (κ3) is 2.27. The SMILES string of the molecule is c1ccc(-c2cc3ccccc3n2C2CCCCC2)cc1. The highest BCUT2D eigenvalue weighted by molar-refractivity contribution is 5.87. The van der Waals surface area contributed by atoms with Crippen molar-refractivity contribution in [3.63, 3.8) is 0 Å². The van der Waals surface area contributed by atoms with Gasteiger partial charge in [0.1, 0.15) is 0 Å². The number of benzene rings is 2. The zero-order valence-electron chi connectivity index (χ0n) is 12.3. The van der Waals surface area contributed by atoms with Gasteiger partial charge in [-0.05, 0) is 30.5 Å². The van der Waals surface area contributed by atoms with Gasteiger partial charge >= 0.3 is 0 Å². The monoisotopic (exact) mass is 275 g/mol. The van der Waals surface area contributed by atoms with Crippen molar-refractivity contribution < 1.29 is 0 Å². The van der Waals surface area contributed by atoms with Crippen molar-refractivity contribution in [3.05, 3.63) is 60.7 Å². The number of nitrogens with zero attached hydrogens (tertiary/aromatic N) is 1. The van der Waals surface area contributed by atoms with Crippen molar-refractivity contribution in [2.45, 2.75) is 38.1 Å². The number of hydrogen-bond donors (Lipinski definition) is 0. The topological polar surface area (TPSA) is 4.93 Å². The fourth-order valence-corrected chi connectivity index (χ4v) is 3.74. The van der Waals surface area contributed by atoms with Gasteiger partial charge in [-0.25, -0.2) is 0 Å². The first-order chi connectivity index (χ1) is 10.4. The Hall–Kier alpha value is -2.02. The van der Waals surface area contributed by atoms with Gasteiger partial charge in [0.15, 0.2) is 0 Å². The molecular formula is C20H21N. The maximum atomic E-state index is 2.60. The van der Waals surface area contributed by atoms with E-state index >= 15 is 0 Å². The predicted octanol–water partition coefficient (Wildman–Crippen LogP) is 5.81. The average Bonchev–Trinajstić information content (AvgIpc) is 2.96. The van der Waals surface area contributed by atoms with Crippen molar-refractivity contribution in [2.24, 2.45) is 0 Å². The van der Waals surface area contributed by atoms with Crippen molar-refractivity contribution >= 4 is 10.9 Å². The lowest BCUT2D eigenvalue weighted by Crippen LogP contribution is -2.13. The van der Waals surface area contributed by atoms with E-state index in [0.717, 1.165) is 0 Å². The third-order valence-electron chi connectivity index (χ3n) is 4.76. The summed E-state index contributed by atoms with van der Waals surface area (Å²) in [5.41, 5.74) is 4.10. The van der Waals surface area contributed by atoms with Gasteiger partial charge in [-0.2, -0.15) is 0 Å². The van der Waals surface area contributed by atoms with Gasteiger partial charge in [-0.15, -0.1) is 0 Å². The zero-order valence-corrected chi connectivity index (χ0v) is 12.3. The molecule has 0 amide bonds. The summed E-state index contributed by atoms with van der Waals surface area (Å²) < 4.78 is 2.60. The van der Waals surface area contributed by atoms with E-state index in [9.17, 15) is 0 Å². The van der Waals surface area contributed by atoms with Crippen molar-refractivity contribution in [2.75, 3.05) is 0 Å². The van der Waals surface area contributed by atoms with Crippen LogP contribution in [0.5, 0.6) is 0 Å². The Kier molecular flexibility index (Phi) is 3.27. The zero-order chi connectivity index (χ0) is 14.1. The molecule has 0 aliphatic heterocycles. The lowest BCUT2D eigenvalue weighted by atomic mass is 9.94. The van der Waals surface area contributed by atoms with Gasteiger partial charge in [0.2, 0.25) is 0 Å². The standard InChI is InChI=1S/C20H21N/c1-3-9-16(10-4-1)20-15-17-11-7-8-14-19(17)21(20)18-12-5-2-6-13-18/h1,3-4,7-11,14-15,18H,2,5-6,12-13H2. The molecule has 1 fully saturated rings. The highest BCUT2D eigenvalue weighted by Crippen LogP contribution is 2.37.